The van der Waals surface area contributed by atoms with Crippen molar-refractivity contribution >= 4 is 0 Å². The van der Waals surface area contributed by atoms with Crippen LogP contribution >= 0.6 is 0 Å². The highest BCUT2D eigenvalue weighted by Gasteiger charge is 2.15. The zero-order valence-electron chi connectivity index (χ0n) is 13.6. The van der Waals surface area contributed by atoms with Crippen LogP contribution in [0.2, 0.25) is 0 Å². The standard InChI is InChI=1S/C18H23NO3/c1-13(14-8-6-5-7-9-14)19-12-15-10-17(21-3)18(22-4)11-16(15)20-2/h5-11,13,19H,12H2,1-4H3/p+1/t13-/m1/s1. The first-order valence-electron chi connectivity index (χ1n) is 7.36. The van der Waals surface area contributed by atoms with Crippen LogP contribution in [0.25, 0.3) is 0 Å². The van der Waals surface area contributed by atoms with Crippen LogP contribution < -0.4 is 19.5 Å². The summed E-state index contributed by atoms with van der Waals surface area (Å²) < 4.78 is 16.2. The van der Waals surface area contributed by atoms with Gasteiger partial charge in [-0.15, -0.1) is 0 Å². The normalized spacial score (nSPS) is 11.8. The number of ether oxygens (including phenoxy) is 3. The maximum atomic E-state index is 5.47. The summed E-state index contributed by atoms with van der Waals surface area (Å²) in [7, 11) is 4.94. The Bertz CT molecular complexity index is 599. The predicted molar refractivity (Wildman–Crippen MR) is 86.6 cm³/mol. The Morgan fingerprint density at radius 3 is 2.05 bits per heavy atom. The lowest BCUT2D eigenvalue weighted by molar-refractivity contribution is -0.708. The topological polar surface area (TPSA) is 44.3 Å². The molecule has 0 radical (unpaired) electrons. The zero-order chi connectivity index (χ0) is 15.9. The molecule has 4 heteroatoms. The molecule has 4 nitrogen and oxygen atoms in total. The summed E-state index contributed by atoms with van der Waals surface area (Å²) in [5, 5.41) is 2.28. The van der Waals surface area contributed by atoms with E-state index >= 15 is 0 Å². The Hall–Kier alpha value is -2.20. The van der Waals surface area contributed by atoms with E-state index in [1.807, 2.05) is 18.2 Å². The van der Waals surface area contributed by atoms with Crippen molar-refractivity contribution in [1.82, 2.24) is 0 Å². The number of methoxy groups -OCH3 is 3. The second-order valence-corrected chi connectivity index (χ2v) is 5.16. The van der Waals surface area contributed by atoms with Gasteiger partial charge in [0.05, 0.1) is 26.9 Å². The second-order valence-electron chi connectivity index (χ2n) is 5.16. The molecule has 2 rings (SSSR count). The molecule has 0 aliphatic carbocycles. The van der Waals surface area contributed by atoms with E-state index < -0.39 is 0 Å². The van der Waals surface area contributed by atoms with Gasteiger partial charge in [0.25, 0.3) is 0 Å². The number of quaternary nitrogens is 1. The lowest BCUT2D eigenvalue weighted by Crippen LogP contribution is -2.83. The van der Waals surface area contributed by atoms with Gasteiger partial charge in [-0.3, -0.25) is 0 Å². The Morgan fingerprint density at radius 1 is 0.864 bits per heavy atom. The first kappa shape index (κ1) is 16.2. The first-order valence-corrected chi connectivity index (χ1v) is 7.36. The molecule has 2 aromatic rings. The van der Waals surface area contributed by atoms with E-state index in [4.69, 9.17) is 14.2 Å². The minimum Gasteiger partial charge on any atom is -0.496 e. The van der Waals surface area contributed by atoms with Crippen LogP contribution in [0.5, 0.6) is 17.2 Å². The van der Waals surface area contributed by atoms with E-state index in [0.717, 1.165) is 23.6 Å². The predicted octanol–water partition coefficient (Wildman–Crippen LogP) is 2.54. The van der Waals surface area contributed by atoms with E-state index in [-0.39, 0.29) is 0 Å². The zero-order valence-corrected chi connectivity index (χ0v) is 13.6. The molecule has 118 valence electrons. The molecular weight excluding hydrogens is 278 g/mol. The quantitative estimate of drug-likeness (QED) is 0.855. The van der Waals surface area contributed by atoms with Gasteiger partial charge in [-0.05, 0) is 13.0 Å². The molecule has 0 unspecified atom stereocenters. The molecular formula is C18H24NO3+. The van der Waals surface area contributed by atoms with Crippen LogP contribution in [0.3, 0.4) is 0 Å². The summed E-state index contributed by atoms with van der Waals surface area (Å²) >= 11 is 0. The molecule has 0 aromatic heterocycles. The number of rotatable bonds is 7. The highest BCUT2D eigenvalue weighted by atomic mass is 16.5. The van der Waals surface area contributed by atoms with Crippen LogP contribution in [0, 0.1) is 0 Å². The average Bonchev–Trinajstić information content (AvgIpc) is 2.59. The van der Waals surface area contributed by atoms with Crippen molar-refractivity contribution in [2.75, 3.05) is 21.3 Å². The van der Waals surface area contributed by atoms with Crippen LogP contribution in [-0.4, -0.2) is 21.3 Å². The van der Waals surface area contributed by atoms with Crippen molar-refractivity contribution in [3.63, 3.8) is 0 Å². The SMILES string of the molecule is COc1cc(OC)c(OC)cc1C[NH2+][C@H](C)c1ccccc1. The third-order valence-corrected chi connectivity index (χ3v) is 3.80. The van der Waals surface area contributed by atoms with Crippen molar-refractivity contribution in [2.45, 2.75) is 19.5 Å². The number of nitrogens with two attached hydrogens (primary N) is 1. The van der Waals surface area contributed by atoms with Crippen molar-refractivity contribution in [2.24, 2.45) is 0 Å². The number of benzene rings is 2. The molecule has 0 spiro atoms. The highest BCUT2D eigenvalue weighted by molar-refractivity contribution is 5.50. The number of hydrogen-bond donors (Lipinski definition) is 1. The molecule has 2 aromatic carbocycles. The van der Waals surface area contributed by atoms with Crippen molar-refractivity contribution in [3.05, 3.63) is 53.6 Å². The summed E-state index contributed by atoms with van der Waals surface area (Å²) in [6, 6.07) is 14.7. The van der Waals surface area contributed by atoms with Gasteiger partial charge in [0.15, 0.2) is 11.5 Å². The molecule has 0 fully saturated rings. The monoisotopic (exact) mass is 302 g/mol. The van der Waals surface area contributed by atoms with E-state index in [9.17, 15) is 0 Å². The largest absolute Gasteiger partial charge is 0.496 e. The molecule has 0 saturated carbocycles. The lowest BCUT2D eigenvalue weighted by Gasteiger charge is -2.15. The summed E-state index contributed by atoms with van der Waals surface area (Å²) in [6.45, 7) is 3.00. The molecule has 0 bridgehead atoms. The Morgan fingerprint density at radius 2 is 1.45 bits per heavy atom. The molecule has 1 atom stereocenters. The van der Waals surface area contributed by atoms with Crippen LogP contribution in [-0.2, 0) is 6.54 Å². The minimum atomic E-state index is 0.374. The van der Waals surface area contributed by atoms with E-state index in [2.05, 4.69) is 36.5 Å². The van der Waals surface area contributed by atoms with E-state index in [1.165, 1.54) is 5.56 Å². The second kappa shape index (κ2) is 7.71. The van der Waals surface area contributed by atoms with Gasteiger partial charge in [-0.2, -0.15) is 0 Å². The van der Waals surface area contributed by atoms with Gasteiger partial charge < -0.3 is 19.5 Å². The van der Waals surface area contributed by atoms with Gasteiger partial charge >= 0.3 is 0 Å². The van der Waals surface area contributed by atoms with E-state index in [0.29, 0.717) is 11.8 Å². The van der Waals surface area contributed by atoms with Crippen LogP contribution in [0.4, 0.5) is 0 Å². The van der Waals surface area contributed by atoms with Crippen molar-refractivity contribution < 1.29 is 19.5 Å². The molecule has 2 N–H and O–H groups in total. The van der Waals surface area contributed by atoms with Gasteiger partial charge in [-0.1, -0.05) is 30.3 Å². The Balaban J connectivity index is 2.15. The van der Waals surface area contributed by atoms with Crippen molar-refractivity contribution in [3.8, 4) is 17.2 Å². The van der Waals surface area contributed by atoms with Gasteiger partial charge in [0.1, 0.15) is 18.3 Å². The third kappa shape index (κ3) is 3.71. The lowest BCUT2D eigenvalue weighted by atomic mass is 10.1. The molecule has 0 heterocycles. The fraction of sp³-hybridized carbons (Fsp3) is 0.333. The molecule has 0 aliphatic heterocycles. The Kier molecular flexibility index (Phi) is 5.67. The summed E-state index contributed by atoms with van der Waals surface area (Å²) in [5.41, 5.74) is 2.39. The maximum absolute atomic E-state index is 5.47. The summed E-state index contributed by atoms with van der Waals surface area (Å²) in [5.74, 6) is 2.22. The average molecular weight is 302 g/mol. The summed E-state index contributed by atoms with van der Waals surface area (Å²) in [4.78, 5) is 0. The fourth-order valence-electron chi connectivity index (χ4n) is 2.45. The first-order chi connectivity index (χ1) is 10.7. The highest BCUT2D eigenvalue weighted by Crippen LogP contribution is 2.34. The Labute approximate surface area is 132 Å². The molecule has 0 aliphatic rings. The molecule has 0 saturated heterocycles. The fourth-order valence-corrected chi connectivity index (χ4v) is 2.45. The van der Waals surface area contributed by atoms with Gasteiger partial charge in [0, 0.05) is 11.6 Å². The molecule has 22 heavy (non-hydrogen) atoms. The number of hydrogen-bond acceptors (Lipinski definition) is 3. The van der Waals surface area contributed by atoms with Crippen molar-refractivity contribution in [1.29, 1.82) is 0 Å². The maximum Gasteiger partial charge on any atom is 0.164 e. The minimum absolute atomic E-state index is 0.374. The van der Waals surface area contributed by atoms with Crippen LogP contribution in [0.1, 0.15) is 24.1 Å². The van der Waals surface area contributed by atoms with E-state index in [1.54, 1.807) is 21.3 Å². The summed E-state index contributed by atoms with van der Waals surface area (Å²) in [6.07, 6.45) is 0. The van der Waals surface area contributed by atoms with Gasteiger partial charge in [-0.25, -0.2) is 0 Å². The third-order valence-electron chi connectivity index (χ3n) is 3.80. The molecule has 0 amide bonds. The van der Waals surface area contributed by atoms with Crippen LogP contribution in [0.15, 0.2) is 42.5 Å². The van der Waals surface area contributed by atoms with Gasteiger partial charge in [0.2, 0.25) is 0 Å². The smallest absolute Gasteiger partial charge is 0.164 e.